The van der Waals surface area contributed by atoms with Crippen LogP contribution in [0.15, 0.2) is 364 Å². The summed E-state index contributed by atoms with van der Waals surface area (Å²) in [6.07, 6.45) is 0. The molecule has 18 aromatic carbocycles. The molecule has 22 aromatic rings. The minimum atomic E-state index is -0.152. The Balaban J connectivity index is 0.000000132. The van der Waals surface area contributed by atoms with Crippen LogP contribution in [0.5, 0.6) is 0 Å². The summed E-state index contributed by atoms with van der Waals surface area (Å²) in [6.45, 7) is 9.54. The fraction of sp³-hybridized carbons (Fsp3) is 0.0566. The maximum Gasteiger partial charge on any atom is 0.0622 e. The molecule has 0 saturated heterocycles. The molecule has 0 unspecified atom stereocenters. The van der Waals surface area contributed by atoms with E-state index in [4.69, 9.17) is 0 Å². The van der Waals surface area contributed by atoms with Crippen LogP contribution < -0.4 is 0 Å². The van der Waals surface area contributed by atoms with Gasteiger partial charge in [0.05, 0.1) is 55.5 Å². The number of benzene rings is 18. The number of hydrogen-bond acceptors (Lipinski definition) is 0. The van der Waals surface area contributed by atoms with Crippen LogP contribution in [0, 0.1) is 0 Å². The molecule has 0 fully saturated rings. The van der Waals surface area contributed by atoms with Crippen LogP contribution in [0.4, 0.5) is 0 Å². The van der Waals surface area contributed by atoms with Crippen molar-refractivity contribution in [2.24, 2.45) is 0 Å². The summed E-state index contributed by atoms with van der Waals surface area (Å²) in [6, 6.07) is 135. The quantitative estimate of drug-likeness (QED) is 0.158. The molecular formula is C106H72N4. The fourth-order valence-electron chi connectivity index (χ4n) is 19.8. The fourth-order valence-corrected chi connectivity index (χ4v) is 19.8. The van der Waals surface area contributed by atoms with Crippen molar-refractivity contribution in [2.45, 2.75) is 38.5 Å². The summed E-state index contributed by atoms with van der Waals surface area (Å²) in [5.74, 6) is 0. The molecule has 0 amide bonds. The minimum Gasteiger partial charge on any atom is -0.309 e. The zero-order valence-electron chi connectivity index (χ0n) is 61.4. The summed E-state index contributed by atoms with van der Waals surface area (Å²) >= 11 is 0. The van der Waals surface area contributed by atoms with Gasteiger partial charge in [-0.25, -0.2) is 0 Å². The van der Waals surface area contributed by atoms with Crippen molar-refractivity contribution in [3.63, 3.8) is 0 Å². The van der Waals surface area contributed by atoms with Crippen LogP contribution in [0.25, 0.3) is 198 Å². The molecular weight excluding hydrogens is 1330 g/mol. The van der Waals surface area contributed by atoms with E-state index in [0.29, 0.717) is 0 Å². The van der Waals surface area contributed by atoms with Crippen molar-refractivity contribution in [2.75, 3.05) is 0 Å². The van der Waals surface area contributed by atoms with Crippen LogP contribution in [-0.4, -0.2) is 18.3 Å². The molecule has 0 atom stereocenters. The molecule has 4 nitrogen and oxygen atoms in total. The predicted octanol–water partition coefficient (Wildman–Crippen LogP) is 28.3. The maximum absolute atomic E-state index is 2.54. The van der Waals surface area contributed by atoms with Crippen LogP contribution in [0.3, 0.4) is 0 Å². The van der Waals surface area contributed by atoms with E-state index in [0.717, 1.165) is 0 Å². The van der Waals surface area contributed by atoms with Crippen molar-refractivity contribution < 1.29 is 0 Å². The predicted molar refractivity (Wildman–Crippen MR) is 466 cm³/mol. The highest BCUT2D eigenvalue weighted by Crippen LogP contribution is 2.56. The van der Waals surface area contributed by atoms with Gasteiger partial charge in [-0.3, -0.25) is 0 Å². The highest BCUT2D eigenvalue weighted by atomic mass is 15.0. The number of para-hydroxylation sites is 2. The molecule has 110 heavy (non-hydrogen) atoms. The normalized spacial score (nSPS) is 13.4. The van der Waals surface area contributed by atoms with E-state index >= 15 is 0 Å². The third-order valence-electron chi connectivity index (χ3n) is 24.9. The summed E-state index contributed by atoms with van der Waals surface area (Å²) in [5.41, 5.74) is 30.3. The van der Waals surface area contributed by atoms with Crippen molar-refractivity contribution in [3.05, 3.63) is 386 Å². The summed E-state index contributed by atoms with van der Waals surface area (Å²) in [4.78, 5) is 0. The number of rotatable bonds is 6. The van der Waals surface area contributed by atoms with Crippen LogP contribution in [0.2, 0.25) is 0 Å². The van der Waals surface area contributed by atoms with E-state index in [1.165, 1.54) is 220 Å². The van der Waals surface area contributed by atoms with Crippen LogP contribution in [-0.2, 0) is 10.8 Å². The minimum absolute atomic E-state index is 0.0867. The molecule has 0 radical (unpaired) electrons. The molecule has 0 saturated carbocycles. The van der Waals surface area contributed by atoms with Crippen molar-refractivity contribution in [3.8, 4) is 67.3 Å². The molecule has 0 aliphatic heterocycles. The Kier molecular flexibility index (Phi) is 13.2. The molecule has 24 rings (SSSR count). The third-order valence-corrected chi connectivity index (χ3v) is 24.9. The monoisotopic (exact) mass is 1400 g/mol. The first kappa shape index (κ1) is 62.4. The summed E-state index contributed by atoms with van der Waals surface area (Å²) < 4.78 is 9.95. The van der Waals surface area contributed by atoms with E-state index < -0.39 is 0 Å². The van der Waals surface area contributed by atoms with Gasteiger partial charge < -0.3 is 18.3 Å². The Labute approximate surface area is 636 Å². The van der Waals surface area contributed by atoms with Gasteiger partial charge in [0.15, 0.2) is 0 Å². The average molecular weight is 1400 g/mol. The van der Waals surface area contributed by atoms with E-state index in [1.54, 1.807) is 0 Å². The van der Waals surface area contributed by atoms with Gasteiger partial charge in [0.25, 0.3) is 0 Å². The lowest BCUT2D eigenvalue weighted by atomic mass is 9.81. The van der Waals surface area contributed by atoms with E-state index in [1.807, 2.05) is 0 Å². The second-order valence-electron chi connectivity index (χ2n) is 31.5. The average Bonchev–Trinajstić information content (AvgIpc) is 1.54. The largest absolute Gasteiger partial charge is 0.309 e. The second kappa shape index (κ2) is 23.4. The van der Waals surface area contributed by atoms with E-state index in [2.05, 4.69) is 410 Å². The van der Waals surface area contributed by atoms with Crippen LogP contribution in [0.1, 0.15) is 49.9 Å². The first-order valence-corrected chi connectivity index (χ1v) is 38.5. The van der Waals surface area contributed by atoms with Gasteiger partial charge in [-0.15, -0.1) is 0 Å². The topological polar surface area (TPSA) is 19.7 Å². The third kappa shape index (κ3) is 8.96. The smallest absolute Gasteiger partial charge is 0.0622 e. The highest BCUT2D eigenvalue weighted by Gasteiger charge is 2.40. The second-order valence-corrected chi connectivity index (χ2v) is 31.5. The Hall–Kier alpha value is -13.8. The van der Waals surface area contributed by atoms with Crippen molar-refractivity contribution >= 4 is 130 Å². The first-order valence-electron chi connectivity index (χ1n) is 38.5. The molecule has 0 spiro atoms. The van der Waals surface area contributed by atoms with Gasteiger partial charge in [0.1, 0.15) is 0 Å². The van der Waals surface area contributed by atoms with E-state index in [-0.39, 0.29) is 10.8 Å². The zero-order valence-corrected chi connectivity index (χ0v) is 61.4. The number of hydrogen-bond donors (Lipinski definition) is 0. The molecule has 2 aliphatic carbocycles. The lowest BCUT2D eigenvalue weighted by Gasteiger charge is -2.23. The molecule has 2 aliphatic rings. The molecule has 4 heterocycles. The van der Waals surface area contributed by atoms with Gasteiger partial charge in [0.2, 0.25) is 0 Å². The number of fused-ring (bicyclic) bond motifs is 24. The molecule has 0 bridgehead atoms. The lowest BCUT2D eigenvalue weighted by Crippen LogP contribution is -2.16. The Morgan fingerprint density at radius 3 is 1.09 bits per heavy atom. The van der Waals surface area contributed by atoms with Gasteiger partial charge in [-0.1, -0.05) is 295 Å². The highest BCUT2D eigenvalue weighted by molar-refractivity contribution is 6.19. The maximum atomic E-state index is 2.54. The molecule has 4 heteroatoms. The van der Waals surface area contributed by atoms with Gasteiger partial charge in [-0.05, 0) is 191 Å². The lowest BCUT2D eigenvalue weighted by molar-refractivity contribution is 0.661. The standard InChI is InChI=1S/2C53H36N2/c1-53(2)45-19-9-7-18-42(45)51-46(53)27-26-41-44-32-37(23-28-49(44)54(52(41)51)38-25-22-33-12-3-4-14-35(33)30-38)36-24-29-50-43(31-36)40-17-8-10-20-48(40)55(50)47-21-11-15-34-13-5-6-16-39(34)47;1-53(2)46-19-9-7-17-40(46)42-26-27-43-45-32-37(23-28-49(45)54(52(43)51(42)53)38-25-22-33-12-3-4-14-35(33)30-38)36-24-29-50-44(31-36)41-18-8-10-20-48(41)55(50)47-21-11-15-34-13-5-6-16-39(34)47/h2*3-32H,1-2H3. The molecule has 0 N–H and O–H groups in total. The molecule has 516 valence electrons. The molecule has 4 aromatic heterocycles. The Morgan fingerprint density at radius 2 is 0.573 bits per heavy atom. The summed E-state index contributed by atoms with van der Waals surface area (Å²) in [7, 11) is 0. The first-order chi connectivity index (χ1) is 54.1. The van der Waals surface area contributed by atoms with Crippen molar-refractivity contribution in [1.29, 1.82) is 0 Å². The van der Waals surface area contributed by atoms with Crippen LogP contribution >= 0.6 is 0 Å². The summed E-state index contributed by atoms with van der Waals surface area (Å²) in [5, 5.41) is 20.2. The Morgan fingerprint density at radius 1 is 0.200 bits per heavy atom. The van der Waals surface area contributed by atoms with Gasteiger partial charge in [0, 0.05) is 81.6 Å². The number of aromatic nitrogens is 4. The zero-order chi connectivity index (χ0) is 72.8. The SMILES string of the molecule is CC1(C)c2ccccc2-c2c1ccc1c3cc(-c4ccc5c(c4)c4ccccc4n5-c4cccc5ccccc45)ccc3n(-c3ccc4ccccc4c3)c21.CC1(C)c2ccccc2-c2ccc3c4cc(-c5ccc6c(c5)c5ccccc5n6-c5cccc6ccccc56)ccc4n(-c4ccc5ccccc5c4)c3c21. The number of nitrogens with zero attached hydrogens (tertiary/aromatic N) is 4. The van der Waals surface area contributed by atoms with Gasteiger partial charge >= 0.3 is 0 Å². The van der Waals surface area contributed by atoms with Crippen molar-refractivity contribution in [1.82, 2.24) is 18.3 Å². The Bertz CT molecular complexity index is 7720. The van der Waals surface area contributed by atoms with E-state index in [9.17, 15) is 0 Å². The van der Waals surface area contributed by atoms with Gasteiger partial charge in [-0.2, -0.15) is 0 Å².